The zero-order chi connectivity index (χ0) is 13.3. The fourth-order valence-electron chi connectivity index (χ4n) is 1.97. The van der Waals surface area contributed by atoms with E-state index in [-0.39, 0.29) is 6.04 Å². The lowest BCUT2D eigenvalue weighted by atomic mass is 9.91. The number of carbonyl (C=O) groups is 1. The van der Waals surface area contributed by atoms with Crippen LogP contribution in [0.1, 0.15) is 25.3 Å². The molecule has 1 saturated carbocycles. The van der Waals surface area contributed by atoms with Gasteiger partial charge in [0, 0.05) is 16.1 Å². The van der Waals surface area contributed by atoms with Crippen LogP contribution in [0.15, 0.2) is 22.7 Å². The van der Waals surface area contributed by atoms with Gasteiger partial charge in [-0.05, 0) is 38.0 Å². The summed E-state index contributed by atoms with van der Waals surface area (Å²) in [4.78, 5) is 12.0. The lowest BCUT2D eigenvalue weighted by molar-refractivity contribution is -0.148. The summed E-state index contributed by atoms with van der Waals surface area (Å²) in [5.41, 5.74) is -0.848. The number of carbonyl (C=O) groups excluding carboxylic acids is 1. The standard InChI is InChI=1S/C13H15BrFNO2/c1-13(12(17)18-2,16-9-4-5-9)10-7-8(14)3-6-11(10)15/h3,6-7,9,16H,4-5H2,1-2H3. The number of ether oxygens (including phenoxy) is 1. The average Bonchev–Trinajstić information content (AvgIpc) is 3.14. The third kappa shape index (κ3) is 2.57. The van der Waals surface area contributed by atoms with Crippen LogP contribution >= 0.6 is 15.9 Å². The van der Waals surface area contributed by atoms with Crippen LogP contribution < -0.4 is 5.32 Å². The molecule has 98 valence electrons. The zero-order valence-corrected chi connectivity index (χ0v) is 11.9. The van der Waals surface area contributed by atoms with E-state index in [1.165, 1.54) is 13.2 Å². The second kappa shape index (κ2) is 4.97. The maximum absolute atomic E-state index is 14.0. The Morgan fingerprint density at radius 3 is 2.78 bits per heavy atom. The van der Waals surface area contributed by atoms with Gasteiger partial charge in [-0.2, -0.15) is 0 Å². The maximum Gasteiger partial charge on any atom is 0.330 e. The molecule has 0 spiro atoms. The topological polar surface area (TPSA) is 38.3 Å². The first kappa shape index (κ1) is 13.5. The number of rotatable bonds is 4. The van der Waals surface area contributed by atoms with Crippen molar-refractivity contribution in [2.24, 2.45) is 0 Å². The van der Waals surface area contributed by atoms with Gasteiger partial charge in [0.1, 0.15) is 11.4 Å². The zero-order valence-electron chi connectivity index (χ0n) is 10.3. The number of hydrogen-bond donors (Lipinski definition) is 1. The highest BCUT2D eigenvalue weighted by molar-refractivity contribution is 9.10. The summed E-state index contributed by atoms with van der Waals surface area (Å²) in [5.74, 6) is -0.898. The predicted octanol–water partition coefficient (Wildman–Crippen LogP) is 2.73. The lowest BCUT2D eigenvalue weighted by Gasteiger charge is -2.29. The highest BCUT2D eigenvalue weighted by Gasteiger charge is 2.42. The van der Waals surface area contributed by atoms with E-state index in [0.717, 1.165) is 17.3 Å². The predicted molar refractivity (Wildman–Crippen MR) is 69.6 cm³/mol. The number of benzene rings is 1. The van der Waals surface area contributed by atoms with Crippen molar-refractivity contribution in [1.29, 1.82) is 0 Å². The van der Waals surface area contributed by atoms with Crippen LogP contribution in [0.25, 0.3) is 0 Å². The Morgan fingerprint density at radius 1 is 1.56 bits per heavy atom. The molecule has 3 nitrogen and oxygen atoms in total. The van der Waals surface area contributed by atoms with E-state index in [4.69, 9.17) is 4.74 Å². The van der Waals surface area contributed by atoms with Crippen molar-refractivity contribution < 1.29 is 13.9 Å². The van der Waals surface area contributed by atoms with Crippen LogP contribution in [0.2, 0.25) is 0 Å². The van der Waals surface area contributed by atoms with Crippen LogP contribution in [0.3, 0.4) is 0 Å². The van der Waals surface area contributed by atoms with E-state index >= 15 is 0 Å². The van der Waals surface area contributed by atoms with Crippen molar-refractivity contribution in [3.05, 3.63) is 34.1 Å². The van der Waals surface area contributed by atoms with Crippen molar-refractivity contribution in [2.75, 3.05) is 7.11 Å². The highest BCUT2D eigenvalue weighted by atomic mass is 79.9. The third-order valence-electron chi connectivity index (χ3n) is 3.13. The van der Waals surface area contributed by atoms with Crippen LogP contribution in [-0.2, 0) is 15.1 Å². The molecule has 0 aromatic heterocycles. The molecular weight excluding hydrogens is 301 g/mol. The van der Waals surface area contributed by atoms with Gasteiger partial charge in [0.15, 0.2) is 0 Å². The first-order valence-corrected chi connectivity index (χ1v) is 6.58. The molecular formula is C13H15BrFNO2. The molecule has 2 rings (SSSR count). The molecule has 1 fully saturated rings. The van der Waals surface area contributed by atoms with Gasteiger partial charge in [0.2, 0.25) is 0 Å². The molecule has 1 aliphatic carbocycles. The lowest BCUT2D eigenvalue weighted by Crippen LogP contribution is -2.49. The Hall–Kier alpha value is -0.940. The van der Waals surface area contributed by atoms with Crippen molar-refractivity contribution in [3.63, 3.8) is 0 Å². The Morgan fingerprint density at radius 2 is 2.22 bits per heavy atom. The van der Waals surface area contributed by atoms with Crippen molar-refractivity contribution in [2.45, 2.75) is 31.3 Å². The summed E-state index contributed by atoms with van der Waals surface area (Å²) >= 11 is 3.30. The summed E-state index contributed by atoms with van der Waals surface area (Å²) in [7, 11) is 1.31. The molecule has 1 unspecified atom stereocenters. The molecule has 0 radical (unpaired) electrons. The summed E-state index contributed by atoms with van der Waals surface area (Å²) in [6.45, 7) is 1.65. The van der Waals surface area contributed by atoms with E-state index in [1.807, 2.05) is 0 Å². The largest absolute Gasteiger partial charge is 0.467 e. The van der Waals surface area contributed by atoms with E-state index < -0.39 is 17.3 Å². The van der Waals surface area contributed by atoms with E-state index in [2.05, 4.69) is 21.2 Å². The first-order chi connectivity index (χ1) is 8.47. The second-order valence-corrected chi connectivity index (χ2v) is 5.58. The minimum atomic E-state index is -1.15. The fraction of sp³-hybridized carbons (Fsp3) is 0.462. The Kier molecular flexibility index (Phi) is 3.73. The average molecular weight is 316 g/mol. The molecule has 5 heteroatoms. The van der Waals surface area contributed by atoms with E-state index in [0.29, 0.717) is 5.56 Å². The van der Waals surface area contributed by atoms with Crippen molar-refractivity contribution in [1.82, 2.24) is 5.32 Å². The Labute approximate surface area is 114 Å². The number of halogens is 2. The van der Waals surface area contributed by atoms with E-state index in [1.54, 1.807) is 19.1 Å². The molecule has 0 bridgehead atoms. The minimum absolute atomic E-state index is 0.257. The van der Waals surface area contributed by atoms with Gasteiger partial charge >= 0.3 is 5.97 Å². The molecule has 0 heterocycles. The molecule has 1 N–H and O–H groups in total. The van der Waals surface area contributed by atoms with Crippen molar-refractivity contribution >= 4 is 21.9 Å². The molecule has 1 aromatic carbocycles. The quantitative estimate of drug-likeness (QED) is 0.868. The van der Waals surface area contributed by atoms with Crippen LogP contribution in [0, 0.1) is 5.82 Å². The number of nitrogens with one attached hydrogen (secondary N) is 1. The van der Waals surface area contributed by atoms with Gasteiger partial charge in [-0.1, -0.05) is 15.9 Å². The minimum Gasteiger partial charge on any atom is -0.467 e. The first-order valence-electron chi connectivity index (χ1n) is 5.79. The van der Waals surface area contributed by atoms with Gasteiger partial charge in [0.05, 0.1) is 7.11 Å². The summed E-state index contributed by atoms with van der Waals surface area (Å²) in [6.07, 6.45) is 2.00. The summed E-state index contributed by atoms with van der Waals surface area (Å²) < 4.78 is 19.5. The van der Waals surface area contributed by atoms with Crippen LogP contribution in [0.4, 0.5) is 4.39 Å². The van der Waals surface area contributed by atoms with Crippen molar-refractivity contribution in [3.8, 4) is 0 Å². The summed E-state index contributed by atoms with van der Waals surface area (Å²) in [6, 6.07) is 4.82. The normalized spacial score (nSPS) is 18.2. The van der Waals surface area contributed by atoms with Crippen LogP contribution in [0.5, 0.6) is 0 Å². The van der Waals surface area contributed by atoms with E-state index in [9.17, 15) is 9.18 Å². The number of hydrogen-bond acceptors (Lipinski definition) is 3. The molecule has 0 saturated heterocycles. The Balaban J connectivity index is 2.43. The van der Waals surface area contributed by atoms with Gasteiger partial charge < -0.3 is 4.74 Å². The van der Waals surface area contributed by atoms with Gasteiger partial charge in [0.25, 0.3) is 0 Å². The van der Waals surface area contributed by atoms with Gasteiger partial charge in [-0.15, -0.1) is 0 Å². The molecule has 1 aromatic rings. The highest BCUT2D eigenvalue weighted by Crippen LogP contribution is 2.32. The smallest absolute Gasteiger partial charge is 0.330 e. The maximum atomic E-state index is 14.0. The third-order valence-corrected chi connectivity index (χ3v) is 3.62. The Bertz CT molecular complexity index is 476. The molecule has 1 aliphatic rings. The SMILES string of the molecule is COC(=O)C(C)(NC1CC1)c1cc(Br)ccc1F. The second-order valence-electron chi connectivity index (χ2n) is 4.66. The van der Waals surface area contributed by atoms with Gasteiger partial charge in [-0.25, -0.2) is 9.18 Å². The molecule has 18 heavy (non-hydrogen) atoms. The number of methoxy groups -OCH3 is 1. The van der Waals surface area contributed by atoms with Crippen LogP contribution in [-0.4, -0.2) is 19.1 Å². The van der Waals surface area contributed by atoms with Gasteiger partial charge in [-0.3, -0.25) is 5.32 Å². The summed E-state index contributed by atoms with van der Waals surface area (Å²) in [5, 5.41) is 3.17. The molecule has 0 amide bonds. The fourth-order valence-corrected chi connectivity index (χ4v) is 2.33. The molecule has 1 atom stereocenters. The molecule has 0 aliphatic heterocycles. The monoisotopic (exact) mass is 315 g/mol. The number of esters is 1.